The first-order chi connectivity index (χ1) is 13.1. The lowest BCUT2D eigenvalue weighted by atomic mass is 10.0. The number of hydrogen-bond acceptors (Lipinski definition) is 2. The maximum atomic E-state index is 11.3. The first kappa shape index (κ1) is 17.8. The molecule has 0 bridgehead atoms. The lowest BCUT2D eigenvalue weighted by molar-refractivity contribution is 0.100. The molecule has 0 saturated carbocycles. The number of nitrogens with two attached hydrogens (primary N) is 1. The van der Waals surface area contributed by atoms with E-state index in [-0.39, 0.29) is 0 Å². The highest BCUT2D eigenvalue weighted by Gasteiger charge is 2.20. The number of nitrogens with one attached hydrogen (secondary N) is 1. The maximum absolute atomic E-state index is 11.3. The normalized spacial score (nSPS) is 13.5. The van der Waals surface area contributed by atoms with Gasteiger partial charge in [-0.25, -0.2) is 0 Å². The fourth-order valence-corrected chi connectivity index (χ4v) is 4.01. The van der Waals surface area contributed by atoms with Gasteiger partial charge in [0.05, 0.1) is 0 Å². The number of amides is 1. The molecule has 0 unspecified atom stereocenters. The lowest BCUT2D eigenvalue weighted by Gasteiger charge is -2.13. The molecule has 3 N–H and O–H groups in total. The van der Waals surface area contributed by atoms with Crippen LogP contribution in [0.1, 0.15) is 27.0 Å². The average Bonchev–Trinajstić information content (AvgIpc) is 3.09. The highest BCUT2D eigenvalue weighted by molar-refractivity contribution is 6.33. The van der Waals surface area contributed by atoms with Crippen molar-refractivity contribution in [2.24, 2.45) is 5.73 Å². The van der Waals surface area contributed by atoms with E-state index in [0.717, 1.165) is 30.5 Å². The number of primary amides is 1. The quantitative estimate of drug-likeness (QED) is 0.695. The Labute approximate surface area is 164 Å². The molecule has 3 nitrogen and oxygen atoms in total. The monoisotopic (exact) mass is 376 g/mol. The average molecular weight is 377 g/mol. The van der Waals surface area contributed by atoms with Crippen molar-refractivity contribution in [1.29, 1.82) is 0 Å². The van der Waals surface area contributed by atoms with Crippen molar-refractivity contribution in [2.75, 3.05) is 0 Å². The maximum Gasteiger partial charge on any atom is 0.248 e. The van der Waals surface area contributed by atoms with Gasteiger partial charge in [-0.15, -0.1) is 0 Å². The highest BCUT2D eigenvalue weighted by atomic mass is 35.5. The van der Waals surface area contributed by atoms with Crippen LogP contribution in [0.3, 0.4) is 0 Å². The first-order valence-electron chi connectivity index (χ1n) is 9.09. The largest absolute Gasteiger partial charge is 0.366 e. The number of benzene rings is 3. The Morgan fingerprint density at radius 3 is 2.41 bits per heavy atom. The predicted molar refractivity (Wildman–Crippen MR) is 110 cm³/mol. The van der Waals surface area contributed by atoms with Crippen LogP contribution in [0, 0.1) is 0 Å². The summed E-state index contributed by atoms with van der Waals surface area (Å²) in [5, 5.41) is 4.20. The van der Waals surface area contributed by atoms with Gasteiger partial charge >= 0.3 is 0 Å². The Hall–Kier alpha value is -2.62. The standard InChI is InChI=1S/C23H21ClN2O/c24-22-13-19(23(25)27)8-9-21(22)18-7-3-4-15(10-18)14-26-20-11-16-5-1-2-6-17(16)12-20/h1-10,13,20,26H,11-12,14H2,(H2,25,27). The van der Waals surface area contributed by atoms with E-state index in [2.05, 4.69) is 41.7 Å². The van der Waals surface area contributed by atoms with E-state index in [1.54, 1.807) is 12.1 Å². The molecule has 0 fully saturated rings. The van der Waals surface area contributed by atoms with Crippen LogP contribution in [0.15, 0.2) is 66.7 Å². The summed E-state index contributed by atoms with van der Waals surface area (Å²) in [5.74, 6) is -0.473. The van der Waals surface area contributed by atoms with Crippen LogP contribution in [-0.2, 0) is 19.4 Å². The molecule has 3 aromatic rings. The van der Waals surface area contributed by atoms with Crippen molar-refractivity contribution in [3.05, 3.63) is 94.0 Å². The van der Waals surface area contributed by atoms with Gasteiger partial charge in [0.1, 0.15) is 0 Å². The summed E-state index contributed by atoms with van der Waals surface area (Å²) >= 11 is 6.37. The van der Waals surface area contributed by atoms with Gasteiger partial charge in [-0.3, -0.25) is 4.79 Å². The van der Waals surface area contributed by atoms with Gasteiger partial charge in [0.25, 0.3) is 0 Å². The van der Waals surface area contributed by atoms with Crippen LogP contribution >= 0.6 is 11.6 Å². The number of carbonyl (C=O) groups excluding carboxylic acids is 1. The molecule has 3 aromatic carbocycles. The van der Waals surface area contributed by atoms with E-state index < -0.39 is 5.91 Å². The lowest BCUT2D eigenvalue weighted by Crippen LogP contribution is -2.28. The number of carbonyl (C=O) groups is 1. The summed E-state index contributed by atoms with van der Waals surface area (Å²) in [6, 6.07) is 22.6. The van der Waals surface area contributed by atoms with E-state index in [9.17, 15) is 4.79 Å². The molecule has 0 saturated heterocycles. The molecule has 0 atom stereocenters. The second-order valence-corrected chi connectivity index (χ2v) is 7.42. The number of rotatable bonds is 5. The number of fused-ring (bicyclic) bond motifs is 1. The smallest absolute Gasteiger partial charge is 0.248 e. The molecule has 1 amide bonds. The first-order valence-corrected chi connectivity index (χ1v) is 9.47. The molecule has 4 heteroatoms. The Balaban J connectivity index is 1.46. The third-order valence-corrected chi connectivity index (χ3v) is 5.45. The van der Waals surface area contributed by atoms with Crippen LogP contribution < -0.4 is 11.1 Å². The van der Waals surface area contributed by atoms with Crippen molar-refractivity contribution >= 4 is 17.5 Å². The summed E-state index contributed by atoms with van der Waals surface area (Å²) in [7, 11) is 0. The summed E-state index contributed by atoms with van der Waals surface area (Å²) in [6.45, 7) is 0.809. The third-order valence-electron chi connectivity index (χ3n) is 5.14. The van der Waals surface area contributed by atoms with Crippen molar-refractivity contribution in [1.82, 2.24) is 5.32 Å². The Morgan fingerprint density at radius 2 is 1.74 bits per heavy atom. The van der Waals surface area contributed by atoms with Gasteiger partial charge in [-0.05, 0) is 53.3 Å². The van der Waals surface area contributed by atoms with Crippen LogP contribution in [0.2, 0.25) is 5.02 Å². The van der Waals surface area contributed by atoms with Crippen molar-refractivity contribution < 1.29 is 4.79 Å². The fraction of sp³-hybridized carbons (Fsp3) is 0.174. The molecular weight excluding hydrogens is 356 g/mol. The Morgan fingerprint density at radius 1 is 1.00 bits per heavy atom. The molecular formula is C23H21ClN2O. The molecule has 0 spiro atoms. The van der Waals surface area contributed by atoms with Crippen molar-refractivity contribution in [2.45, 2.75) is 25.4 Å². The molecule has 0 heterocycles. The van der Waals surface area contributed by atoms with Gasteiger partial charge in [0, 0.05) is 28.7 Å². The molecule has 1 aliphatic carbocycles. The van der Waals surface area contributed by atoms with Crippen molar-refractivity contribution in [3.8, 4) is 11.1 Å². The van der Waals surface area contributed by atoms with Gasteiger partial charge in [-0.1, -0.05) is 60.1 Å². The van der Waals surface area contributed by atoms with Crippen LogP contribution in [0.25, 0.3) is 11.1 Å². The van der Waals surface area contributed by atoms with Gasteiger partial charge < -0.3 is 11.1 Å². The number of halogens is 1. The van der Waals surface area contributed by atoms with E-state index in [1.165, 1.54) is 16.7 Å². The molecule has 27 heavy (non-hydrogen) atoms. The predicted octanol–water partition coefficient (Wildman–Crippen LogP) is 4.36. The summed E-state index contributed by atoms with van der Waals surface area (Å²) < 4.78 is 0. The summed E-state index contributed by atoms with van der Waals surface area (Å²) in [6.07, 6.45) is 2.16. The highest BCUT2D eigenvalue weighted by Crippen LogP contribution is 2.29. The Bertz CT molecular complexity index is 974. The fourth-order valence-electron chi connectivity index (χ4n) is 3.72. The van der Waals surface area contributed by atoms with E-state index in [4.69, 9.17) is 17.3 Å². The summed E-state index contributed by atoms with van der Waals surface area (Å²) in [5.41, 5.74) is 11.8. The van der Waals surface area contributed by atoms with E-state index in [0.29, 0.717) is 16.6 Å². The molecule has 0 radical (unpaired) electrons. The van der Waals surface area contributed by atoms with Crippen LogP contribution in [0.5, 0.6) is 0 Å². The molecule has 1 aliphatic rings. The van der Waals surface area contributed by atoms with Gasteiger partial charge in [0.2, 0.25) is 5.91 Å². The Kier molecular flexibility index (Phi) is 4.97. The number of hydrogen-bond donors (Lipinski definition) is 2. The zero-order valence-electron chi connectivity index (χ0n) is 14.9. The molecule has 4 rings (SSSR count). The molecule has 0 aromatic heterocycles. The SMILES string of the molecule is NC(=O)c1ccc(-c2cccc(CNC3Cc4ccccc4C3)c2)c(Cl)c1. The summed E-state index contributed by atoms with van der Waals surface area (Å²) in [4.78, 5) is 11.3. The minimum Gasteiger partial charge on any atom is -0.366 e. The van der Waals surface area contributed by atoms with E-state index >= 15 is 0 Å². The zero-order valence-corrected chi connectivity index (χ0v) is 15.7. The zero-order chi connectivity index (χ0) is 18.8. The minimum absolute atomic E-state index is 0.419. The second kappa shape index (κ2) is 7.55. The topological polar surface area (TPSA) is 55.1 Å². The van der Waals surface area contributed by atoms with Gasteiger partial charge in [0.15, 0.2) is 0 Å². The van der Waals surface area contributed by atoms with Gasteiger partial charge in [-0.2, -0.15) is 0 Å². The second-order valence-electron chi connectivity index (χ2n) is 7.01. The van der Waals surface area contributed by atoms with Crippen molar-refractivity contribution in [3.63, 3.8) is 0 Å². The van der Waals surface area contributed by atoms with Crippen LogP contribution in [-0.4, -0.2) is 11.9 Å². The molecule has 0 aliphatic heterocycles. The van der Waals surface area contributed by atoms with E-state index in [1.807, 2.05) is 18.2 Å². The minimum atomic E-state index is -0.473. The van der Waals surface area contributed by atoms with Crippen LogP contribution in [0.4, 0.5) is 0 Å². The third kappa shape index (κ3) is 3.90. The molecule has 136 valence electrons.